The molecule has 2 aromatic carbocycles. The van der Waals surface area contributed by atoms with Gasteiger partial charge in [0.05, 0.1) is 0 Å². The summed E-state index contributed by atoms with van der Waals surface area (Å²) in [6.07, 6.45) is 0. The van der Waals surface area contributed by atoms with Gasteiger partial charge in [-0.2, -0.15) is 0 Å². The molecule has 0 aromatic heterocycles. The Hall–Kier alpha value is -2.00. The average Bonchev–Trinajstić information content (AvgIpc) is 2.43. The van der Waals surface area contributed by atoms with Gasteiger partial charge in [-0.15, -0.1) is 0 Å². The first-order valence-electron chi connectivity index (χ1n) is 6.17. The van der Waals surface area contributed by atoms with Crippen molar-refractivity contribution in [2.24, 2.45) is 0 Å². The second-order valence-corrected chi connectivity index (χ2v) is 5.10. The first-order valence-corrected chi connectivity index (χ1v) is 6.55. The predicted molar refractivity (Wildman–Crippen MR) is 77.5 cm³/mol. The van der Waals surface area contributed by atoms with Crippen molar-refractivity contribution >= 4 is 22.7 Å². The molecule has 0 saturated heterocycles. The number of halogens is 2. The molecule has 0 radical (unpaired) electrons. The minimum absolute atomic E-state index is 0.165. The summed E-state index contributed by atoms with van der Waals surface area (Å²) in [6.45, 7) is 2.24. The van der Waals surface area contributed by atoms with Crippen LogP contribution in [0.25, 0.3) is 11.1 Å². The normalized spacial score (nSPS) is 13.9. The molecular weight excluding hydrogens is 279 g/mol. The van der Waals surface area contributed by atoms with Crippen LogP contribution in [0.3, 0.4) is 0 Å². The van der Waals surface area contributed by atoms with E-state index in [2.05, 4.69) is 0 Å². The van der Waals surface area contributed by atoms with Crippen LogP contribution in [0, 0.1) is 5.82 Å². The highest BCUT2D eigenvalue weighted by atomic mass is 35.5. The number of hydrogen-bond donors (Lipinski definition) is 1. The smallest absolute Gasteiger partial charge is 0.127 e. The van der Waals surface area contributed by atoms with Crippen LogP contribution in [0.4, 0.5) is 4.39 Å². The van der Waals surface area contributed by atoms with Gasteiger partial charge >= 0.3 is 0 Å². The Morgan fingerprint density at radius 2 is 1.95 bits per heavy atom. The number of fused-ring (bicyclic) bond motifs is 1. The van der Waals surface area contributed by atoms with Crippen molar-refractivity contribution < 1.29 is 14.2 Å². The number of allylic oxidation sites excluding steroid dienone is 1. The van der Waals surface area contributed by atoms with Crippen LogP contribution < -0.4 is 4.74 Å². The topological polar surface area (TPSA) is 29.5 Å². The molecule has 1 heterocycles. The largest absolute Gasteiger partial charge is 0.508 e. The van der Waals surface area contributed by atoms with Gasteiger partial charge in [0.15, 0.2) is 0 Å². The SMILES string of the molecule is CC1=C(c2cc(F)ccc2Cl)COc2ccc(O)cc21. The molecule has 0 aliphatic carbocycles. The number of ether oxygens (including phenoxy) is 1. The maximum absolute atomic E-state index is 13.4. The minimum Gasteiger partial charge on any atom is -0.508 e. The van der Waals surface area contributed by atoms with E-state index in [1.54, 1.807) is 18.2 Å². The van der Waals surface area contributed by atoms with Crippen LogP contribution >= 0.6 is 11.6 Å². The fourth-order valence-electron chi connectivity index (χ4n) is 2.37. The second-order valence-electron chi connectivity index (χ2n) is 4.70. The summed E-state index contributed by atoms with van der Waals surface area (Å²) in [4.78, 5) is 0. The minimum atomic E-state index is -0.341. The van der Waals surface area contributed by atoms with Gasteiger partial charge in [0.1, 0.15) is 23.9 Å². The molecule has 20 heavy (non-hydrogen) atoms. The third-order valence-electron chi connectivity index (χ3n) is 3.45. The lowest BCUT2D eigenvalue weighted by Gasteiger charge is -2.23. The van der Waals surface area contributed by atoms with Crippen LogP contribution in [0.1, 0.15) is 18.1 Å². The number of rotatable bonds is 1. The molecule has 102 valence electrons. The Balaban J connectivity index is 2.19. The molecule has 2 nitrogen and oxygen atoms in total. The van der Waals surface area contributed by atoms with Gasteiger partial charge in [-0.1, -0.05) is 11.6 Å². The molecule has 2 aromatic rings. The lowest BCUT2D eigenvalue weighted by molar-refractivity contribution is 0.363. The molecule has 4 heteroatoms. The van der Waals surface area contributed by atoms with E-state index in [9.17, 15) is 9.50 Å². The maximum atomic E-state index is 13.4. The zero-order valence-electron chi connectivity index (χ0n) is 10.8. The molecule has 0 saturated carbocycles. The second kappa shape index (κ2) is 4.84. The van der Waals surface area contributed by atoms with Crippen LogP contribution in [0.15, 0.2) is 36.4 Å². The molecule has 1 aliphatic rings. The summed E-state index contributed by atoms with van der Waals surface area (Å²) in [5.74, 6) is 0.529. The standard InChI is InChI=1S/C16H12ClFO2/c1-9-12-7-11(19)3-5-16(12)20-8-14(9)13-6-10(18)2-4-15(13)17/h2-7,19H,8H2,1H3. The molecule has 1 aliphatic heterocycles. The van der Waals surface area contributed by atoms with Crippen molar-refractivity contribution in [3.05, 3.63) is 58.4 Å². The van der Waals surface area contributed by atoms with Crippen molar-refractivity contribution in [2.75, 3.05) is 6.61 Å². The summed E-state index contributed by atoms with van der Waals surface area (Å²) in [5.41, 5.74) is 3.17. The van der Waals surface area contributed by atoms with Crippen LogP contribution in [-0.4, -0.2) is 11.7 Å². The molecule has 0 amide bonds. The summed E-state index contributed by atoms with van der Waals surface area (Å²) >= 11 is 6.15. The number of phenols is 1. The van der Waals surface area contributed by atoms with Crippen molar-refractivity contribution in [2.45, 2.75) is 6.92 Å². The van der Waals surface area contributed by atoms with Crippen molar-refractivity contribution in [3.8, 4) is 11.5 Å². The van der Waals surface area contributed by atoms with E-state index < -0.39 is 0 Å². The number of aromatic hydroxyl groups is 1. The first-order chi connectivity index (χ1) is 9.56. The Labute approximate surface area is 121 Å². The van der Waals surface area contributed by atoms with Gasteiger partial charge in [0.25, 0.3) is 0 Å². The first kappa shape index (κ1) is 13.0. The van der Waals surface area contributed by atoms with Crippen molar-refractivity contribution in [3.63, 3.8) is 0 Å². The van der Waals surface area contributed by atoms with E-state index in [0.29, 0.717) is 22.9 Å². The lowest BCUT2D eigenvalue weighted by atomic mass is 9.93. The molecule has 1 N–H and O–H groups in total. The molecule has 3 rings (SSSR count). The van der Waals surface area contributed by atoms with Gasteiger partial charge in [-0.25, -0.2) is 4.39 Å². The fourth-order valence-corrected chi connectivity index (χ4v) is 2.60. The van der Waals surface area contributed by atoms with Gasteiger partial charge < -0.3 is 9.84 Å². The predicted octanol–water partition coefficient (Wildman–Crippen LogP) is 4.51. The Morgan fingerprint density at radius 3 is 2.75 bits per heavy atom. The van der Waals surface area contributed by atoms with Crippen molar-refractivity contribution in [1.82, 2.24) is 0 Å². The number of benzene rings is 2. The quantitative estimate of drug-likeness (QED) is 0.837. The Bertz CT molecular complexity index is 722. The summed E-state index contributed by atoms with van der Waals surface area (Å²) in [6, 6.07) is 9.19. The van der Waals surface area contributed by atoms with Gasteiger partial charge in [-0.3, -0.25) is 0 Å². The zero-order valence-corrected chi connectivity index (χ0v) is 11.5. The van der Waals surface area contributed by atoms with Gasteiger partial charge in [0.2, 0.25) is 0 Å². The van der Waals surface area contributed by atoms with E-state index in [0.717, 1.165) is 16.7 Å². The fraction of sp³-hybridized carbons (Fsp3) is 0.125. The van der Waals surface area contributed by atoms with E-state index in [-0.39, 0.29) is 11.6 Å². The number of phenolic OH excluding ortho intramolecular Hbond substituents is 1. The Morgan fingerprint density at radius 1 is 1.15 bits per heavy atom. The Kier molecular flexibility index (Phi) is 3.14. The highest BCUT2D eigenvalue weighted by Crippen LogP contribution is 2.40. The molecule has 0 bridgehead atoms. The maximum Gasteiger partial charge on any atom is 0.127 e. The van der Waals surface area contributed by atoms with E-state index in [4.69, 9.17) is 16.3 Å². The highest BCUT2D eigenvalue weighted by molar-refractivity contribution is 6.32. The third kappa shape index (κ3) is 2.14. The summed E-state index contributed by atoms with van der Waals surface area (Å²) in [5, 5.41) is 10.1. The zero-order chi connectivity index (χ0) is 14.3. The summed E-state index contributed by atoms with van der Waals surface area (Å²) < 4.78 is 19.1. The molecule has 0 unspecified atom stereocenters. The van der Waals surface area contributed by atoms with Crippen LogP contribution in [-0.2, 0) is 0 Å². The van der Waals surface area contributed by atoms with Crippen molar-refractivity contribution in [1.29, 1.82) is 0 Å². The monoisotopic (exact) mass is 290 g/mol. The van der Waals surface area contributed by atoms with E-state index in [1.165, 1.54) is 18.2 Å². The third-order valence-corrected chi connectivity index (χ3v) is 3.77. The average molecular weight is 291 g/mol. The van der Waals surface area contributed by atoms with Crippen LogP contribution in [0.5, 0.6) is 11.5 Å². The van der Waals surface area contributed by atoms with E-state index >= 15 is 0 Å². The highest BCUT2D eigenvalue weighted by Gasteiger charge is 2.20. The van der Waals surface area contributed by atoms with Gasteiger partial charge in [-0.05, 0) is 48.9 Å². The molecule has 0 fully saturated rings. The summed E-state index contributed by atoms with van der Waals surface area (Å²) in [7, 11) is 0. The molecule has 0 spiro atoms. The number of hydrogen-bond acceptors (Lipinski definition) is 2. The molecule has 0 atom stereocenters. The van der Waals surface area contributed by atoms with Gasteiger partial charge in [0, 0.05) is 21.7 Å². The molecular formula is C16H12ClFO2. The lowest BCUT2D eigenvalue weighted by Crippen LogP contribution is -2.10. The van der Waals surface area contributed by atoms with E-state index in [1.807, 2.05) is 6.92 Å². The van der Waals surface area contributed by atoms with Crippen LogP contribution in [0.2, 0.25) is 5.02 Å².